The maximum atomic E-state index is 12.6. The maximum Gasteiger partial charge on any atom is 0.443 e. The smallest absolute Gasteiger partial charge is 0.443 e. The number of esters is 2. The highest BCUT2D eigenvalue weighted by atomic mass is 19.4. The summed E-state index contributed by atoms with van der Waals surface area (Å²) in [5.41, 5.74) is -3.54. The number of rotatable bonds is 2. The number of ether oxygens (including phenoxy) is 2. The third kappa shape index (κ3) is 1.70. The Kier molecular flexibility index (Phi) is 2.85. The van der Waals surface area contributed by atoms with Crippen LogP contribution in [0.3, 0.4) is 0 Å². The number of halogens is 3. The second-order valence-corrected chi connectivity index (χ2v) is 2.87. The third-order valence-corrected chi connectivity index (χ3v) is 1.80. The van der Waals surface area contributed by atoms with Crippen molar-refractivity contribution in [2.75, 3.05) is 6.61 Å². The Labute approximate surface area is 87.4 Å². The van der Waals surface area contributed by atoms with Crippen molar-refractivity contribution in [3.63, 3.8) is 0 Å². The normalized spacial score (nSPS) is 25.0. The van der Waals surface area contributed by atoms with Gasteiger partial charge >= 0.3 is 23.7 Å². The lowest BCUT2D eigenvalue weighted by molar-refractivity contribution is -0.250. The molecule has 8 heteroatoms. The molecule has 0 aromatic rings. The summed E-state index contributed by atoms with van der Waals surface area (Å²) in [5, 5.41) is 8.79. The second kappa shape index (κ2) is 3.69. The third-order valence-electron chi connectivity index (χ3n) is 1.80. The summed E-state index contributed by atoms with van der Waals surface area (Å²) in [6.07, 6.45) is -5.20. The van der Waals surface area contributed by atoms with E-state index in [1.54, 1.807) is 0 Å². The molecule has 1 N–H and O–H groups in total. The number of hydrogen-bond acceptors (Lipinski definition) is 5. The molecular formula is C8H7F3O5. The molecule has 1 atom stereocenters. The lowest BCUT2D eigenvalue weighted by Crippen LogP contribution is -2.52. The molecule has 0 aromatic carbocycles. The maximum absolute atomic E-state index is 12.6. The van der Waals surface area contributed by atoms with Gasteiger partial charge in [0.15, 0.2) is 0 Å². The second-order valence-electron chi connectivity index (χ2n) is 2.87. The van der Waals surface area contributed by atoms with Gasteiger partial charge < -0.3 is 14.6 Å². The molecule has 5 nitrogen and oxygen atoms in total. The molecule has 0 saturated carbocycles. The van der Waals surface area contributed by atoms with Crippen LogP contribution in [-0.4, -0.2) is 35.4 Å². The average molecular weight is 240 g/mol. The van der Waals surface area contributed by atoms with E-state index in [2.05, 4.69) is 9.47 Å². The van der Waals surface area contributed by atoms with E-state index >= 15 is 0 Å². The van der Waals surface area contributed by atoms with Crippen molar-refractivity contribution in [3.8, 4) is 0 Å². The van der Waals surface area contributed by atoms with Crippen molar-refractivity contribution in [1.82, 2.24) is 0 Å². The van der Waals surface area contributed by atoms with Gasteiger partial charge in [0.2, 0.25) is 5.76 Å². The van der Waals surface area contributed by atoms with Gasteiger partial charge in [-0.1, -0.05) is 0 Å². The highest BCUT2D eigenvalue weighted by molar-refractivity contribution is 5.97. The summed E-state index contributed by atoms with van der Waals surface area (Å²) >= 11 is 0. The zero-order valence-electron chi connectivity index (χ0n) is 8.00. The number of aliphatic hydroxyl groups excluding tert-OH is 1. The summed E-state index contributed by atoms with van der Waals surface area (Å²) in [7, 11) is 0. The molecule has 1 heterocycles. The largest absolute Gasteiger partial charge is 0.502 e. The molecule has 0 aliphatic carbocycles. The van der Waals surface area contributed by atoms with Gasteiger partial charge in [0.05, 0.1) is 6.61 Å². The highest BCUT2D eigenvalue weighted by Crippen LogP contribution is 2.40. The van der Waals surface area contributed by atoms with Gasteiger partial charge in [0.1, 0.15) is 0 Å². The fourth-order valence-corrected chi connectivity index (χ4v) is 1.07. The molecule has 1 aliphatic rings. The van der Waals surface area contributed by atoms with E-state index in [1.165, 1.54) is 6.92 Å². The minimum absolute atomic E-state index is 0.00662. The standard InChI is InChI=1S/C8H7F3O5/c1-2-15-6(14)7(8(9,10)11)3-4(12)5(13)16-7/h3,12H,2H2,1H3. The van der Waals surface area contributed by atoms with E-state index < -0.39 is 29.5 Å². The molecule has 0 radical (unpaired) electrons. The Morgan fingerprint density at radius 2 is 2.19 bits per heavy atom. The summed E-state index contributed by atoms with van der Waals surface area (Å²) < 4.78 is 45.8. The quantitative estimate of drug-likeness (QED) is 0.724. The zero-order valence-corrected chi connectivity index (χ0v) is 8.00. The van der Waals surface area contributed by atoms with E-state index in [4.69, 9.17) is 5.11 Å². The van der Waals surface area contributed by atoms with Crippen LogP contribution in [0.4, 0.5) is 13.2 Å². The van der Waals surface area contributed by atoms with Crippen LogP contribution in [0.1, 0.15) is 6.92 Å². The topological polar surface area (TPSA) is 72.8 Å². The van der Waals surface area contributed by atoms with Crippen LogP contribution in [-0.2, 0) is 19.1 Å². The Balaban J connectivity index is 3.17. The number of alkyl halides is 3. The van der Waals surface area contributed by atoms with Crippen molar-refractivity contribution in [3.05, 3.63) is 11.8 Å². The van der Waals surface area contributed by atoms with E-state index in [9.17, 15) is 22.8 Å². The van der Waals surface area contributed by atoms with Crippen LogP contribution >= 0.6 is 0 Å². The lowest BCUT2D eigenvalue weighted by atomic mass is 10.0. The minimum Gasteiger partial charge on any atom is -0.502 e. The van der Waals surface area contributed by atoms with E-state index in [1.807, 2.05) is 0 Å². The molecule has 1 rings (SSSR count). The van der Waals surface area contributed by atoms with Crippen LogP contribution < -0.4 is 0 Å². The van der Waals surface area contributed by atoms with Crippen LogP contribution in [0, 0.1) is 0 Å². The zero-order chi connectivity index (χ0) is 12.6. The Morgan fingerprint density at radius 3 is 2.50 bits per heavy atom. The molecule has 0 fully saturated rings. The van der Waals surface area contributed by atoms with E-state index in [-0.39, 0.29) is 12.7 Å². The number of aliphatic hydroxyl groups is 1. The van der Waals surface area contributed by atoms with Gasteiger partial charge in [-0.05, 0) is 6.92 Å². The Morgan fingerprint density at radius 1 is 1.62 bits per heavy atom. The molecule has 0 amide bonds. The Bertz CT molecular complexity index is 359. The molecular weight excluding hydrogens is 233 g/mol. The van der Waals surface area contributed by atoms with Crippen molar-refractivity contribution in [2.45, 2.75) is 18.7 Å². The van der Waals surface area contributed by atoms with Crippen LogP contribution in [0.2, 0.25) is 0 Å². The first kappa shape index (κ1) is 12.3. The Hall–Kier alpha value is -1.73. The fraction of sp³-hybridized carbons (Fsp3) is 0.500. The summed E-state index contributed by atoms with van der Waals surface area (Å²) in [4.78, 5) is 21.8. The monoisotopic (exact) mass is 240 g/mol. The SMILES string of the molecule is CCOC(=O)C1(C(F)(F)F)C=C(O)C(=O)O1. The first-order chi connectivity index (χ1) is 7.24. The predicted molar refractivity (Wildman–Crippen MR) is 42.2 cm³/mol. The summed E-state index contributed by atoms with van der Waals surface area (Å²) in [6.45, 7) is 0.977. The van der Waals surface area contributed by atoms with Gasteiger partial charge in [0.25, 0.3) is 0 Å². The van der Waals surface area contributed by atoms with Crippen molar-refractivity contribution in [2.24, 2.45) is 0 Å². The lowest BCUT2D eigenvalue weighted by Gasteiger charge is -2.25. The van der Waals surface area contributed by atoms with Gasteiger partial charge in [-0.3, -0.25) is 0 Å². The first-order valence-corrected chi connectivity index (χ1v) is 4.13. The first-order valence-electron chi connectivity index (χ1n) is 4.13. The number of cyclic esters (lactones) is 1. The molecule has 0 aromatic heterocycles. The van der Waals surface area contributed by atoms with E-state index in [0.29, 0.717) is 0 Å². The summed E-state index contributed by atoms with van der Waals surface area (Å²) in [5.74, 6) is -4.68. The predicted octanol–water partition coefficient (Wildman–Crippen LogP) is 0.849. The highest BCUT2D eigenvalue weighted by Gasteiger charge is 2.67. The van der Waals surface area contributed by atoms with Gasteiger partial charge in [-0.2, -0.15) is 13.2 Å². The molecule has 1 aliphatic heterocycles. The molecule has 0 spiro atoms. The number of carbonyl (C=O) groups is 2. The van der Waals surface area contributed by atoms with Crippen molar-refractivity contribution < 1.29 is 37.3 Å². The van der Waals surface area contributed by atoms with Crippen molar-refractivity contribution in [1.29, 1.82) is 0 Å². The molecule has 16 heavy (non-hydrogen) atoms. The van der Waals surface area contributed by atoms with Gasteiger partial charge in [-0.15, -0.1) is 0 Å². The van der Waals surface area contributed by atoms with Gasteiger partial charge in [0, 0.05) is 6.08 Å². The van der Waals surface area contributed by atoms with Crippen molar-refractivity contribution >= 4 is 11.9 Å². The van der Waals surface area contributed by atoms with E-state index in [0.717, 1.165) is 0 Å². The number of carbonyl (C=O) groups excluding carboxylic acids is 2. The summed E-state index contributed by atoms with van der Waals surface area (Å²) in [6, 6.07) is 0. The number of hydrogen-bond donors (Lipinski definition) is 1. The van der Waals surface area contributed by atoms with Crippen LogP contribution in [0.5, 0.6) is 0 Å². The van der Waals surface area contributed by atoms with Crippen LogP contribution in [0.15, 0.2) is 11.8 Å². The van der Waals surface area contributed by atoms with Crippen LogP contribution in [0.25, 0.3) is 0 Å². The van der Waals surface area contributed by atoms with Gasteiger partial charge in [-0.25, -0.2) is 9.59 Å². The minimum atomic E-state index is -5.20. The molecule has 90 valence electrons. The molecule has 0 bridgehead atoms. The fourth-order valence-electron chi connectivity index (χ4n) is 1.07. The molecule has 1 unspecified atom stereocenters. The molecule has 0 saturated heterocycles. The average Bonchev–Trinajstić information content (AvgIpc) is 2.44.